The quantitative estimate of drug-likeness (QED) is 0.209. The summed E-state index contributed by atoms with van der Waals surface area (Å²) in [5, 5.41) is 11.3. The molecule has 0 aliphatic carbocycles. The molecule has 1 unspecified atom stereocenters. The minimum atomic E-state index is -0.696. The fraction of sp³-hybridized carbons (Fsp3) is 0.467. The predicted octanol–water partition coefficient (Wildman–Crippen LogP) is 5.42. The van der Waals surface area contributed by atoms with Gasteiger partial charge >= 0.3 is 0 Å². The number of Topliss-reactive ketones (excluding diaryl/α,β-unsaturated/α-hetero) is 1. The highest BCUT2D eigenvalue weighted by Gasteiger charge is 2.45. The highest BCUT2D eigenvalue weighted by Crippen LogP contribution is 2.40. The zero-order valence-corrected chi connectivity index (χ0v) is 22.5. The highest BCUT2D eigenvalue weighted by molar-refractivity contribution is 6.46. The van der Waals surface area contributed by atoms with Crippen molar-refractivity contribution in [3.05, 3.63) is 65.2 Å². The summed E-state index contributed by atoms with van der Waals surface area (Å²) in [5.41, 5.74) is 1.30. The Bertz CT molecular complexity index is 1080. The Hall–Kier alpha value is -3.32. The van der Waals surface area contributed by atoms with Crippen LogP contribution >= 0.6 is 0 Å². The second kappa shape index (κ2) is 13.8. The molecular formula is C30H40N2O5. The molecule has 1 atom stereocenters. The zero-order chi connectivity index (χ0) is 26.8. The number of aliphatic hydroxyl groups excluding tert-OH is 1. The SMILES string of the molecule is CCCOc1ccc(C(O)=C2C(=O)C(=O)N(CCCN(CC)CC)C2c2cccc(OCCC)c2)cc1. The normalized spacial score (nSPS) is 17.0. The lowest BCUT2D eigenvalue weighted by Gasteiger charge is -2.27. The van der Waals surface area contributed by atoms with E-state index in [0.29, 0.717) is 36.8 Å². The average molecular weight is 509 g/mol. The first-order valence-corrected chi connectivity index (χ1v) is 13.4. The maximum Gasteiger partial charge on any atom is 0.295 e. The van der Waals surface area contributed by atoms with Crippen molar-refractivity contribution in [1.29, 1.82) is 0 Å². The summed E-state index contributed by atoms with van der Waals surface area (Å²) in [6.45, 7) is 12.5. The van der Waals surface area contributed by atoms with Crippen LogP contribution in [-0.4, -0.2) is 66.0 Å². The maximum atomic E-state index is 13.3. The first kappa shape index (κ1) is 28.3. The van der Waals surface area contributed by atoms with Crippen molar-refractivity contribution in [1.82, 2.24) is 9.80 Å². The van der Waals surface area contributed by atoms with Crippen molar-refractivity contribution in [2.24, 2.45) is 0 Å². The Labute approximate surface area is 220 Å². The molecule has 200 valence electrons. The van der Waals surface area contributed by atoms with Crippen LogP contribution < -0.4 is 9.47 Å². The zero-order valence-electron chi connectivity index (χ0n) is 22.5. The second-order valence-corrected chi connectivity index (χ2v) is 9.17. The number of rotatable bonds is 14. The first-order chi connectivity index (χ1) is 17.9. The third-order valence-corrected chi connectivity index (χ3v) is 6.56. The van der Waals surface area contributed by atoms with Crippen LogP contribution in [-0.2, 0) is 9.59 Å². The number of aliphatic hydroxyl groups is 1. The molecule has 1 heterocycles. The van der Waals surface area contributed by atoms with Crippen molar-refractivity contribution >= 4 is 17.4 Å². The van der Waals surface area contributed by atoms with Crippen molar-refractivity contribution in [2.75, 3.05) is 39.4 Å². The summed E-state index contributed by atoms with van der Waals surface area (Å²) < 4.78 is 11.5. The summed E-state index contributed by atoms with van der Waals surface area (Å²) in [6.07, 6.45) is 2.48. The number of likely N-dealkylation sites (tertiary alicyclic amines) is 1. The van der Waals surface area contributed by atoms with Crippen LogP contribution in [0.3, 0.4) is 0 Å². The van der Waals surface area contributed by atoms with Gasteiger partial charge in [0.05, 0.1) is 24.8 Å². The Kier molecular flexibility index (Phi) is 10.6. The lowest BCUT2D eigenvalue weighted by molar-refractivity contribution is -0.140. The molecule has 1 fully saturated rings. The molecule has 0 aromatic heterocycles. The van der Waals surface area contributed by atoms with Gasteiger partial charge in [-0.15, -0.1) is 0 Å². The molecule has 1 amide bonds. The fourth-order valence-electron chi connectivity index (χ4n) is 4.54. The van der Waals surface area contributed by atoms with E-state index < -0.39 is 17.7 Å². The largest absolute Gasteiger partial charge is 0.507 e. The van der Waals surface area contributed by atoms with Gasteiger partial charge in [-0.25, -0.2) is 0 Å². The molecular weight excluding hydrogens is 468 g/mol. The van der Waals surface area contributed by atoms with Crippen molar-refractivity contribution in [2.45, 2.75) is 53.0 Å². The van der Waals surface area contributed by atoms with Crippen molar-refractivity contribution < 1.29 is 24.2 Å². The molecule has 1 aliphatic heterocycles. The summed E-state index contributed by atoms with van der Waals surface area (Å²) in [6, 6.07) is 13.7. The first-order valence-electron chi connectivity index (χ1n) is 13.4. The summed E-state index contributed by atoms with van der Waals surface area (Å²) >= 11 is 0. The van der Waals surface area contributed by atoms with Gasteiger partial charge in [0.2, 0.25) is 0 Å². The number of carbonyl (C=O) groups excluding carboxylic acids is 2. The number of hydrogen-bond donors (Lipinski definition) is 1. The van der Waals surface area contributed by atoms with Gasteiger partial charge in [-0.2, -0.15) is 0 Å². The van der Waals surface area contributed by atoms with Gasteiger partial charge in [0.25, 0.3) is 11.7 Å². The minimum Gasteiger partial charge on any atom is -0.507 e. The topological polar surface area (TPSA) is 79.3 Å². The third kappa shape index (κ3) is 6.92. The van der Waals surface area contributed by atoms with Crippen LogP contribution in [0.15, 0.2) is 54.1 Å². The molecule has 2 aromatic rings. The van der Waals surface area contributed by atoms with E-state index in [1.54, 1.807) is 29.2 Å². The fourth-order valence-corrected chi connectivity index (χ4v) is 4.54. The third-order valence-electron chi connectivity index (χ3n) is 6.56. The van der Waals surface area contributed by atoms with E-state index in [0.717, 1.165) is 44.5 Å². The number of ketones is 1. The van der Waals surface area contributed by atoms with Crippen LogP contribution in [0.25, 0.3) is 5.76 Å². The smallest absolute Gasteiger partial charge is 0.295 e. The molecule has 1 aliphatic rings. The van der Waals surface area contributed by atoms with Crippen LogP contribution in [0, 0.1) is 0 Å². The van der Waals surface area contributed by atoms with Gasteiger partial charge in [0.1, 0.15) is 17.3 Å². The van der Waals surface area contributed by atoms with Gasteiger partial charge in [-0.1, -0.05) is 39.8 Å². The molecule has 2 aromatic carbocycles. The maximum absolute atomic E-state index is 13.3. The van der Waals surface area contributed by atoms with E-state index in [9.17, 15) is 14.7 Å². The van der Waals surface area contributed by atoms with Gasteiger partial charge in [0.15, 0.2) is 0 Å². The number of ether oxygens (including phenoxy) is 2. The second-order valence-electron chi connectivity index (χ2n) is 9.17. The molecule has 1 N–H and O–H groups in total. The van der Waals surface area contributed by atoms with E-state index in [2.05, 4.69) is 18.7 Å². The molecule has 0 saturated carbocycles. The van der Waals surface area contributed by atoms with Crippen LogP contribution in [0.2, 0.25) is 0 Å². The Morgan fingerprint density at radius 1 is 0.919 bits per heavy atom. The number of amides is 1. The Morgan fingerprint density at radius 2 is 1.57 bits per heavy atom. The molecule has 37 heavy (non-hydrogen) atoms. The molecule has 0 radical (unpaired) electrons. The molecule has 7 heteroatoms. The molecule has 0 spiro atoms. The number of carbonyl (C=O) groups is 2. The number of nitrogens with zero attached hydrogens (tertiary/aromatic N) is 2. The minimum absolute atomic E-state index is 0.0997. The Balaban J connectivity index is 2.00. The lowest BCUT2D eigenvalue weighted by Crippen LogP contribution is -2.33. The average Bonchev–Trinajstić information content (AvgIpc) is 3.18. The number of hydrogen-bond acceptors (Lipinski definition) is 6. The lowest BCUT2D eigenvalue weighted by atomic mass is 9.95. The van der Waals surface area contributed by atoms with Crippen LogP contribution in [0.5, 0.6) is 11.5 Å². The van der Waals surface area contributed by atoms with Crippen molar-refractivity contribution in [3.8, 4) is 11.5 Å². The van der Waals surface area contributed by atoms with E-state index >= 15 is 0 Å². The molecule has 7 nitrogen and oxygen atoms in total. The molecule has 0 bridgehead atoms. The number of benzene rings is 2. The van der Waals surface area contributed by atoms with Crippen molar-refractivity contribution in [3.63, 3.8) is 0 Å². The summed E-state index contributed by atoms with van der Waals surface area (Å²) in [5.74, 6) is -0.0833. The van der Waals surface area contributed by atoms with Gasteiger partial charge in [-0.3, -0.25) is 9.59 Å². The van der Waals surface area contributed by atoms with E-state index in [1.807, 2.05) is 38.1 Å². The van der Waals surface area contributed by atoms with Crippen LogP contribution in [0.4, 0.5) is 0 Å². The predicted molar refractivity (Wildman–Crippen MR) is 146 cm³/mol. The highest BCUT2D eigenvalue weighted by atomic mass is 16.5. The van der Waals surface area contributed by atoms with E-state index in [1.165, 1.54) is 0 Å². The van der Waals surface area contributed by atoms with Crippen LogP contribution in [0.1, 0.15) is 64.1 Å². The van der Waals surface area contributed by atoms with E-state index in [4.69, 9.17) is 9.47 Å². The van der Waals surface area contributed by atoms with Gasteiger partial charge in [0, 0.05) is 12.1 Å². The molecule has 3 rings (SSSR count). The Morgan fingerprint density at radius 3 is 2.19 bits per heavy atom. The summed E-state index contributed by atoms with van der Waals surface area (Å²) in [4.78, 5) is 30.4. The molecule has 1 saturated heterocycles. The standard InChI is InChI=1S/C30H40N2O5/c1-5-19-36-24-15-13-22(14-16-24)28(33)26-27(23-11-9-12-25(21-23)37-20-6-2)32(30(35)29(26)34)18-10-17-31(7-3)8-4/h9,11-16,21,27,33H,5-8,10,17-20H2,1-4H3. The van der Waals surface area contributed by atoms with Gasteiger partial charge < -0.3 is 24.4 Å². The van der Waals surface area contributed by atoms with E-state index in [-0.39, 0.29) is 11.3 Å². The summed E-state index contributed by atoms with van der Waals surface area (Å²) in [7, 11) is 0. The van der Waals surface area contributed by atoms with Gasteiger partial charge in [-0.05, 0) is 80.9 Å². The monoisotopic (exact) mass is 508 g/mol.